The molecule has 0 saturated heterocycles. The molecule has 0 atom stereocenters. The molecule has 0 aliphatic heterocycles. The molecule has 0 N–H and O–H groups in total. The topological polar surface area (TPSA) is 63.3 Å². The summed E-state index contributed by atoms with van der Waals surface area (Å²) in [6.45, 7) is 0. The van der Waals surface area contributed by atoms with Crippen molar-refractivity contribution in [1.82, 2.24) is 36.0 Å². The molecular weight excluding hydrogens is 973 g/mol. The van der Waals surface area contributed by atoms with Gasteiger partial charge in [0, 0.05) is 74.9 Å². The SMILES string of the molecule is c1cc(-c2nc(-n3c4ccccc4c4ccccc43)nc(-n3c4ccccc4c4ccccc43)n2)cc(S(n2c3ccccc3c3ccccc32)(n2c3ccccc3c3ccccc32)n2c3ccccc3c3ccccc32)c1. The van der Waals surface area contributed by atoms with E-state index >= 15 is 0 Å². The molecule has 0 saturated carbocycles. The number of para-hydroxylation sites is 10. The van der Waals surface area contributed by atoms with Gasteiger partial charge in [-0.2, -0.15) is 15.0 Å². The van der Waals surface area contributed by atoms with Gasteiger partial charge in [0.1, 0.15) is 0 Å². The second kappa shape index (κ2) is 16.4. The van der Waals surface area contributed by atoms with Crippen LogP contribution in [-0.2, 0) is 0 Å². The fourth-order valence-electron chi connectivity index (χ4n) is 12.8. The highest BCUT2D eigenvalue weighted by Gasteiger charge is 2.41. The summed E-state index contributed by atoms with van der Waals surface area (Å²) in [5, 5.41) is 11.6. The van der Waals surface area contributed by atoms with Gasteiger partial charge in [-0.3, -0.25) is 21.1 Å². The van der Waals surface area contributed by atoms with Crippen molar-refractivity contribution in [3.63, 3.8) is 0 Å². The van der Waals surface area contributed by atoms with Gasteiger partial charge < -0.3 is 0 Å². The Bertz CT molecular complexity index is 4650. The predicted molar refractivity (Wildman–Crippen MR) is 324 cm³/mol. The van der Waals surface area contributed by atoms with Gasteiger partial charge in [-0.1, -0.05) is 194 Å². The predicted octanol–water partition coefficient (Wildman–Crippen LogP) is 17.6. The number of rotatable bonds is 7. The molecule has 366 valence electrons. The van der Waals surface area contributed by atoms with Crippen molar-refractivity contribution in [2.75, 3.05) is 0 Å². The highest BCUT2D eigenvalue weighted by Crippen LogP contribution is 2.67. The number of hydrogen-bond acceptors (Lipinski definition) is 3. The summed E-state index contributed by atoms with van der Waals surface area (Å²) < 4.78 is 12.5. The van der Waals surface area contributed by atoms with E-state index in [2.05, 4.69) is 288 Å². The molecule has 0 amide bonds. The largest absolute Gasteiger partial charge is 0.278 e. The average molecular weight is 1020 g/mol. The third-order valence-corrected chi connectivity index (χ3v) is 19.5. The maximum absolute atomic E-state index is 5.64. The first-order valence-corrected chi connectivity index (χ1v) is 27.9. The normalized spacial score (nSPS) is 12.6. The van der Waals surface area contributed by atoms with Crippen molar-refractivity contribution in [3.05, 3.63) is 267 Å². The molecule has 0 aliphatic rings. The fraction of sp³-hybridized carbons (Fsp3) is 0. The summed E-state index contributed by atoms with van der Waals surface area (Å²) in [4.78, 5) is 17.9. The summed E-state index contributed by atoms with van der Waals surface area (Å²) in [7, 11) is -2.82. The Kier molecular flexibility index (Phi) is 9.05. The average Bonchev–Trinajstić information content (AvgIpc) is 4.49. The molecule has 78 heavy (non-hydrogen) atoms. The van der Waals surface area contributed by atoms with Crippen LogP contribution in [0.25, 0.3) is 132 Å². The zero-order chi connectivity index (χ0) is 51.1. The molecule has 0 radical (unpaired) electrons. The lowest BCUT2D eigenvalue weighted by atomic mass is 10.2. The zero-order valence-corrected chi connectivity index (χ0v) is 42.7. The molecule has 0 aliphatic carbocycles. The quantitative estimate of drug-likeness (QED) is 0.160. The first-order valence-electron chi connectivity index (χ1n) is 26.4. The summed E-state index contributed by atoms with van der Waals surface area (Å²) in [6.07, 6.45) is 0. The van der Waals surface area contributed by atoms with Crippen LogP contribution in [0.1, 0.15) is 0 Å². The first-order chi connectivity index (χ1) is 38.7. The van der Waals surface area contributed by atoms with E-state index in [1.165, 1.54) is 32.3 Å². The minimum atomic E-state index is -2.82. The van der Waals surface area contributed by atoms with Crippen LogP contribution in [0.3, 0.4) is 0 Å². The molecule has 9 heteroatoms. The van der Waals surface area contributed by atoms with Crippen molar-refractivity contribution in [2.45, 2.75) is 4.90 Å². The van der Waals surface area contributed by atoms with Crippen LogP contribution in [0.5, 0.6) is 0 Å². The van der Waals surface area contributed by atoms with Crippen LogP contribution in [0.15, 0.2) is 272 Å². The lowest BCUT2D eigenvalue weighted by Crippen LogP contribution is -2.26. The summed E-state index contributed by atoms with van der Waals surface area (Å²) in [6, 6.07) is 97.0. The minimum Gasteiger partial charge on any atom is -0.278 e. The standard InChI is InChI=1S/C69H44N8S/c1-11-34-57-47(24-1)48-25-2-12-35-58(48)73(57)68-70-67(71-69(72-68)74-59-36-13-3-26-49(59)50-27-4-14-37-60(50)74)45-22-21-23-46(44-45)78(75-61-38-15-5-28-51(61)52-29-6-16-39-62(52)75,76-63-40-17-7-30-53(63)54-31-8-18-41-64(54)76)77-65-42-19-9-32-55(65)56-33-10-20-43-66(56)77/h1-44H. The van der Waals surface area contributed by atoms with E-state index in [4.69, 9.17) is 15.0 Å². The number of benzene rings is 11. The zero-order valence-electron chi connectivity index (χ0n) is 41.9. The van der Waals surface area contributed by atoms with Gasteiger partial charge in [-0.15, -0.1) is 0 Å². The number of fused-ring (bicyclic) bond motifs is 15. The summed E-state index contributed by atoms with van der Waals surface area (Å²) >= 11 is 0. The molecule has 17 aromatic rings. The Balaban J connectivity index is 1.06. The smallest absolute Gasteiger partial charge is 0.240 e. The highest BCUT2D eigenvalue weighted by atomic mass is 32.3. The van der Waals surface area contributed by atoms with E-state index in [0.717, 1.165) is 87.2 Å². The van der Waals surface area contributed by atoms with Crippen LogP contribution in [0, 0.1) is 0 Å². The van der Waals surface area contributed by atoms with Gasteiger partial charge in [0.25, 0.3) is 0 Å². The second-order valence-electron chi connectivity index (χ2n) is 20.0. The number of aromatic nitrogens is 8. The van der Waals surface area contributed by atoms with Gasteiger partial charge in [-0.05, 0) is 72.8 Å². The van der Waals surface area contributed by atoms with Crippen molar-refractivity contribution in [2.24, 2.45) is 0 Å². The monoisotopic (exact) mass is 1020 g/mol. The van der Waals surface area contributed by atoms with Gasteiger partial charge in [0.15, 0.2) is 5.82 Å². The maximum atomic E-state index is 5.64. The van der Waals surface area contributed by atoms with Gasteiger partial charge >= 0.3 is 0 Å². The lowest BCUT2D eigenvalue weighted by Gasteiger charge is -2.47. The minimum absolute atomic E-state index is 0.533. The fourth-order valence-corrected chi connectivity index (χ4v) is 17.1. The molecule has 17 rings (SSSR count). The van der Waals surface area contributed by atoms with Crippen LogP contribution in [0.4, 0.5) is 0 Å². The van der Waals surface area contributed by atoms with Gasteiger partial charge in [-0.25, -0.2) is 0 Å². The van der Waals surface area contributed by atoms with E-state index < -0.39 is 10.6 Å². The van der Waals surface area contributed by atoms with Gasteiger partial charge in [0.2, 0.25) is 11.9 Å². The molecule has 8 nitrogen and oxygen atoms in total. The van der Waals surface area contributed by atoms with E-state index in [9.17, 15) is 0 Å². The Morgan fingerprint density at radius 2 is 0.474 bits per heavy atom. The molecule has 11 aromatic carbocycles. The number of nitrogens with zero attached hydrogens (tertiary/aromatic N) is 8. The number of hydrogen-bond donors (Lipinski definition) is 0. The molecule has 0 fully saturated rings. The molecule has 6 heterocycles. The Labute approximate surface area is 448 Å². The molecule has 0 spiro atoms. The van der Waals surface area contributed by atoms with Crippen LogP contribution < -0.4 is 0 Å². The molecule has 0 bridgehead atoms. The van der Waals surface area contributed by atoms with Crippen molar-refractivity contribution < 1.29 is 0 Å². The summed E-state index contributed by atoms with van der Waals surface area (Å²) in [5.74, 6) is 1.62. The van der Waals surface area contributed by atoms with E-state index in [0.29, 0.717) is 17.7 Å². The van der Waals surface area contributed by atoms with Crippen molar-refractivity contribution in [1.29, 1.82) is 0 Å². The Morgan fingerprint density at radius 3 is 0.756 bits per heavy atom. The third-order valence-electron chi connectivity index (χ3n) is 16.0. The van der Waals surface area contributed by atoms with Crippen molar-refractivity contribution >= 4 is 120 Å². The first kappa shape index (κ1) is 43.1. The molecule has 0 unspecified atom stereocenters. The Hall–Kier alpha value is -10.2. The van der Waals surface area contributed by atoms with Crippen LogP contribution in [-0.4, -0.2) is 36.0 Å². The second-order valence-corrected chi connectivity index (χ2v) is 22.6. The van der Waals surface area contributed by atoms with Crippen LogP contribution >= 0.6 is 10.6 Å². The van der Waals surface area contributed by atoms with Gasteiger partial charge in [0.05, 0.1) is 55.2 Å². The Morgan fingerprint density at radius 1 is 0.231 bits per heavy atom. The highest BCUT2D eigenvalue weighted by molar-refractivity contribution is 8.30. The van der Waals surface area contributed by atoms with Crippen molar-refractivity contribution in [3.8, 4) is 23.3 Å². The maximum Gasteiger partial charge on any atom is 0.240 e. The van der Waals surface area contributed by atoms with Crippen LogP contribution in [0.2, 0.25) is 0 Å². The molecule has 6 aromatic heterocycles. The van der Waals surface area contributed by atoms with E-state index in [1.807, 2.05) is 0 Å². The lowest BCUT2D eigenvalue weighted by molar-refractivity contribution is 0.892. The third kappa shape index (κ3) is 5.82. The van der Waals surface area contributed by atoms with E-state index in [1.54, 1.807) is 0 Å². The molecular formula is C69H44N8S. The summed E-state index contributed by atoms with van der Waals surface area (Å²) in [5.41, 5.74) is 11.7. The van der Waals surface area contributed by atoms with E-state index in [-0.39, 0.29) is 0 Å².